The van der Waals surface area contributed by atoms with Gasteiger partial charge < -0.3 is 14.4 Å². The van der Waals surface area contributed by atoms with Gasteiger partial charge in [-0.15, -0.1) is 0 Å². The van der Waals surface area contributed by atoms with Crippen molar-refractivity contribution in [2.45, 2.75) is 104 Å². The zero-order chi connectivity index (χ0) is 25.8. The second kappa shape index (κ2) is 11.0. The molecule has 190 valence electrons. The van der Waals surface area contributed by atoms with Crippen LogP contribution < -0.4 is 0 Å². The van der Waals surface area contributed by atoms with Gasteiger partial charge in [0.1, 0.15) is 0 Å². The highest BCUT2D eigenvalue weighted by Crippen LogP contribution is 2.29. The first-order valence-electron chi connectivity index (χ1n) is 12.2. The molecule has 2 aliphatic heterocycles. The molecule has 2 heterocycles. The Bertz CT molecular complexity index is 883. The quantitative estimate of drug-likeness (QED) is 0.290. The number of ether oxygens (including phenoxy) is 2. The van der Waals surface area contributed by atoms with E-state index >= 15 is 0 Å². The van der Waals surface area contributed by atoms with Crippen molar-refractivity contribution in [2.24, 2.45) is 0 Å². The molecule has 0 spiro atoms. The van der Waals surface area contributed by atoms with E-state index in [4.69, 9.17) is 9.47 Å². The van der Waals surface area contributed by atoms with Gasteiger partial charge >= 0.3 is 0 Å². The molecule has 0 aromatic rings. The highest BCUT2D eigenvalue weighted by molar-refractivity contribution is 6.16. The summed E-state index contributed by atoms with van der Waals surface area (Å²) in [7, 11) is 0. The minimum absolute atomic E-state index is 0.00591. The second-order valence-corrected chi connectivity index (χ2v) is 10.9. The lowest BCUT2D eigenvalue weighted by molar-refractivity contribution is -0.143. The van der Waals surface area contributed by atoms with Crippen LogP contribution in [0.5, 0.6) is 0 Å². The first-order valence-corrected chi connectivity index (χ1v) is 12.2. The number of rotatable bonds is 13. The predicted molar refractivity (Wildman–Crippen MR) is 133 cm³/mol. The van der Waals surface area contributed by atoms with Crippen LogP contribution in [0, 0.1) is 0 Å². The number of hydrogen-bond acceptors (Lipinski definition) is 5. The maximum absolute atomic E-state index is 12.2. The second-order valence-electron chi connectivity index (χ2n) is 10.9. The number of carbonyl (C=O) groups is 3. The topological polar surface area (TPSA) is 76.2 Å². The van der Waals surface area contributed by atoms with Crippen LogP contribution in [0.25, 0.3) is 0 Å². The molecule has 0 aromatic carbocycles. The summed E-state index contributed by atoms with van der Waals surface area (Å²) in [4.78, 5) is 39.4. The number of hydrogen-bond donors (Lipinski definition) is 0. The lowest BCUT2D eigenvalue weighted by atomic mass is 9.98. The van der Waals surface area contributed by atoms with Crippen LogP contribution in [-0.4, -0.2) is 64.0 Å². The first-order chi connectivity index (χ1) is 15.6. The molecule has 0 radical (unpaired) electrons. The largest absolute Gasteiger partial charge is 0.375 e. The fourth-order valence-electron chi connectivity index (χ4n) is 4.52. The standard InChI is InChI=1S/C27H42N2O5/c1-18-14-23(30)28(22(18)5)20(3)16-27(8,9)33-13-11-10-12-26(6,7)34-17-21(4)29-24(31)15-19(2)25(29)32/h14-15,20-21H,5,10-13,16-17H2,1-4,6-9H3. The van der Waals surface area contributed by atoms with Gasteiger partial charge in [-0.2, -0.15) is 0 Å². The Kier molecular flexibility index (Phi) is 9.05. The Hall–Kier alpha value is -2.25. The van der Waals surface area contributed by atoms with Crippen LogP contribution in [0.15, 0.2) is 35.6 Å². The number of imide groups is 1. The van der Waals surface area contributed by atoms with E-state index < -0.39 is 0 Å². The summed E-state index contributed by atoms with van der Waals surface area (Å²) in [5.41, 5.74) is 1.43. The highest BCUT2D eigenvalue weighted by Gasteiger charge is 2.34. The Labute approximate surface area is 204 Å². The molecule has 7 heteroatoms. The van der Waals surface area contributed by atoms with E-state index in [1.165, 1.54) is 11.0 Å². The molecule has 3 amide bonds. The average Bonchev–Trinajstić information content (AvgIpc) is 3.11. The third-order valence-electron chi connectivity index (χ3n) is 6.51. The molecule has 2 atom stereocenters. The zero-order valence-electron chi connectivity index (χ0n) is 22.2. The highest BCUT2D eigenvalue weighted by atomic mass is 16.5. The summed E-state index contributed by atoms with van der Waals surface area (Å²) in [6, 6.07) is -0.303. The van der Waals surface area contributed by atoms with Gasteiger partial charge in [-0.1, -0.05) is 6.58 Å². The van der Waals surface area contributed by atoms with E-state index in [2.05, 4.69) is 20.4 Å². The molecule has 2 aliphatic rings. The van der Waals surface area contributed by atoms with E-state index in [1.807, 2.05) is 34.6 Å². The van der Waals surface area contributed by atoms with Crippen LogP contribution in [0.1, 0.15) is 81.1 Å². The van der Waals surface area contributed by atoms with Crippen molar-refractivity contribution in [3.8, 4) is 0 Å². The van der Waals surface area contributed by atoms with Crippen LogP contribution in [0.3, 0.4) is 0 Å². The average molecular weight is 475 g/mol. The van der Waals surface area contributed by atoms with Crippen LogP contribution >= 0.6 is 0 Å². The summed E-state index contributed by atoms with van der Waals surface area (Å²) < 4.78 is 12.2. The number of amides is 3. The van der Waals surface area contributed by atoms with Gasteiger partial charge in [0.25, 0.3) is 17.7 Å². The van der Waals surface area contributed by atoms with E-state index in [0.717, 1.165) is 30.5 Å². The molecule has 0 aliphatic carbocycles. The van der Waals surface area contributed by atoms with Crippen molar-refractivity contribution in [2.75, 3.05) is 13.2 Å². The number of allylic oxidation sites excluding steroid dienone is 1. The minimum atomic E-state index is -0.367. The molecule has 0 saturated carbocycles. The van der Waals surface area contributed by atoms with Gasteiger partial charge in [0.15, 0.2) is 0 Å². The van der Waals surface area contributed by atoms with Crippen molar-refractivity contribution in [1.82, 2.24) is 9.80 Å². The van der Waals surface area contributed by atoms with E-state index in [9.17, 15) is 14.4 Å². The summed E-state index contributed by atoms with van der Waals surface area (Å²) >= 11 is 0. The van der Waals surface area contributed by atoms with E-state index in [0.29, 0.717) is 25.2 Å². The molecule has 2 unspecified atom stereocenters. The van der Waals surface area contributed by atoms with Gasteiger partial charge in [0.05, 0.1) is 23.9 Å². The fraction of sp³-hybridized carbons (Fsp3) is 0.667. The Balaban J connectivity index is 1.69. The van der Waals surface area contributed by atoms with Gasteiger partial charge in [0.2, 0.25) is 0 Å². The van der Waals surface area contributed by atoms with Crippen LogP contribution in [-0.2, 0) is 23.9 Å². The lowest BCUT2D eigenvalue weighted by Gasteiger charge is -2.34. The van der Waals surface area contributed by atoms with Gasteiger partial charge in [-0.3, -0.25) is 19.3 Å². The third-order valence-corrected chi connectivity index (χ3v) is 6.51. The molecular formula is C27H42N2O5. The van der Waals surface area contributed by atoms with E-state index in [1.54, 1.807) is 17.9 Å². The zero-order valence-corrected chi connectivity index (χ0v) is 22.2. The SMILES string of the molecule is C=C1C(C)=CC(=O)N1C(C)CC(C)(C)OCCCCC(C)(C)OCC(C)N1C(=O)C=C(C)C1=O. The fourth-order valence-corrected chi connectivity index (χ4v) is 4.52. The Morgan fingerprint density at radius 3 is 1.97 bits per heavy atom. The summed E-state index contributed by atoms with van der Waals surface area (Å²) in [6.45, 7) is 20.6. The number of carbonyl (C=O) groups excluding carboxylic acids is 3. The predicted octanol–water partition coefficient (Wildman–Crippen LogP) is 4.53. The van der Waals surface area contributed by atoms with Gasteiger partial charge in [-0.05, 0) is 86.6 Å². The van der Waals surface area contributed by atoms with Crippen molar-refractivity contribution in [3.63, 3.8) is 0 Å². The normalized spacial score (nSPS) is 19.2. The molecule has 0 fully saturated rings. The molecule has 0 aromatic heterocycles. The summed E-state index contributed by atoms with van der Waals surface area (Å²) in [6.07, 6.45) is 6.39. The number of nitrogens with zero attached hydrogens (tertiary/aromatic N) is 2. The van der Waals surface area contributed by atoms with Crippen molar-refractivity contribution in [1.29, 1.82) is 0 Å². The molecule has 0 N–H and O–H groups in total. The van der Waals surface area contributed by atoms with Crippen molar-refractivity contribution >= 4 is 17.7 Å². The molecule has 0 saturated heterocycles. The lowest BCUT2D eigenvalue weighted by Crippen LogP contribution is -2.43. The Morgan fingerprint density at radius 1 is 0.853 bits per heavy atom. The summed E-state index contributed by atoms with van der Waals surface area (Å²) in [5.74, 6) is -0.514. The van der Waals surface area contributed by atoms with Crippen molar-refractivity contribution in [3.05, 3.63) is 35.6 Å². The molecule has 0 bridgehead atoms. The van der Waals surface area contributed by atoms with E-state index in [-0.39, 0.29) is 41.0 Å². The molecule has 34 heavy (non-hydrogen) atoms. The third kappa shape index (κ3) is 7.12. The molecule has 2 rings (SSSR count). The van der Waals surface area contributed by atoms with Crippen molar-refractivity contribution < 1.29 is 23.9 Å². The van der Waals surface area contributed by atoms with Gasteiger partial charge in [-0.25, -0.2) is 0 Å². The van der Waals surface area contributed by atoms with Gasteiger partial charge in [0, 0.05) is 36.1 Å². The minimum Gasteiger partial charge on any atom is -0.375 e. The monoisotopic (exact) mass is 474 g/mol. The number of unbranched alkanes of at least 4 members (excludes halogenated alkanes) is 1. The first kappa shape index (κ1) is 28.0. The molecular weight excluding hydrogens is 432 g/mol. The summed E-state index contributed by atoms with van der Waals surface area (Å²) in [5, 5.41) is 0. The maximum Gasteiger partial charge on any atom is 0.256 e. The van der Waals surface area contributed by atoms with Crippen LogP contribution in [0.4, 0.5) is 0 Å². The Morgan fingerprint density at radius 2 is 1.44 bits per heavy atom. The molecule has 7 nitrogen and oxygen atoms in total. The smallest absolute Gasteiger partial charge is 0.256 e. The maximum atomic E-state index is 12.2. The van der Waals surface area contributed by atoms with Crippen LogP contribution in [0.2, 0.25) is 0 Å².